The summed E-state index contributed by atoms with van der Waals surface area (Å²) in [4.78, 5) is 14.1. The van der Waals surface area contributed by atoms with Gasteiger partial charge in [0.25, 0.3) is 5.91 Å². The van der Waals surface area contributed by atoms with Crippen molar-refractivity contribution in [2.45, 2.75) is 32.7 Å². The summed E-state index contributed by atoms with van der Waals surface area (Å²) < 4.78 is 5.36. The van der Waals surface area contributed by atoms with Gasteiger partial charge in [-0.1, -0.05) is 26.0 Å². The zero-order valence-electron chi connectivity index (χ0n) is 12.5. The van der Waals surface area contributed by atoms with Gasteiger partial charge in [0.2, 0.25) is 0 Å². The molecule has 2 rings (SSSR count). The van der Waals surface area contributed by atoms with Crippen LogP contribution >= 0.6 is 0 Å². The molecule has 1 atom stereocenters. The maximum Gasteiger partial charge on any atom is 0.254 e. The molecule has 106 valence electrons. The van der Waals surface area contributed by atoms with Crippen molar-refractivity contribution in [3.05, 3.63) is 59.5 Å². The molecule has 0 bridgehead atoms. The molecule has 0 aliphatic heterocycles. The monoisotopic (exact) mass is 271 g/mol. The van der Waals surface area contributed by atoms with Crippen LogP contribution in [0, 0.1) is 0 Å². The molecule has 1 amide bonds. The van der Waals surface area contributed by atoms with Crippen LogP contribution in [-0.4, -0.2) is 17.9 Å². The van der Waals surface area contributed by atoms with Gasteiger partial charge in [0.05, 0.1) is 12.3 Å². The Balaban J connectivity index is 2.14. The summed E-state index contributed by atoms with van der Waals surface area (Å²) in [7, 11) is 1.80. The minimum Gasteiger partial charge on any atom is -0.467 e. The van der Waals surface area contributed by atoms with Gasteiger partial charge >= 0.3 is 0 Å². The first kappa shape index (κ1) is 14.4. The molecular formula is C17H21NO2. The minimum atomic E-state index is -0.0812. The van der Waals surface area contributed by atoms with E-state index in [1.807, 2.05) is 43.3 Å². The molecule has 1 aromatic heterocycles. The molecule has 0 saturated carbocycles. The zero-order chi connectivity index (χ0) is 14.7. The number of rotatable bonds is 4. The van der Waals surface area contributed by atoms with Crippen LogP contribution in [0.25, 0.3) is 0 Å². The van der Waals surface area contributed by atoms with Crippen molar-refractivity contribution >= 4 is 5.91 Å². The van der Waals surface area contributed by atoms with Crippen LogP contribution in [0.4, 0.5) is 0 Å². The maximum atomic E-state index is 12.4. The lowest BCUT2D eigenvalue weighted by Gasteiger charge is -2.23. The Morgan fingerprint density at radius 3 is 2.25 bits per heavy atom. The van der Waals surface area contributed by atoms with E-state index >= 15 is 0 Å². The normalized spacial score (nSPS) is 12.4. The third-order valence-electron chi connectivity index (χ3n) is 3.68. The zero-order valence-corrected chi connectivity index (χ0v) is 12.5. The highest BCUT2D eigenvalue weighted by molar-refractivity contribution is 5.94. The molecule has 1 aromatic carbocycles. The Labute approximate surface area is 120 Å². The van der Waals surface area contributed by atoms with E-state index in [9.17, 15) is 4.79 Å². The van der Waals surface area contributed by atoms with Crippen molar-refractivity contribution < 1.29 is 9.21 Å². The summed E-state index contributed by atoms with van der Waals surface area (Å²) in [6.07, 6.45) is 1.63. The summed E-state index contributed by atoms with van der Waals surface area (Å²) in [5, 5.41) is 0. The van der Waals surface area contributed by atoms with Gasteiger partial charge in [-0.2, -0.15) is 0 Å². The number of furan rings is 1. The standard InChI is InChI=1S/C17H21NO2/c1-12(2)14-7-9-15(10-8-14)17(19)18(4)13(3)16-6-5-11-20-16/h5-13H,1-4H3. The first-order valence-electron chi connectivity index (χ1n) is 6.91. The summed E-state index contributed by atoms with van der Waals surface area (Å²) in [6.45, 7) is 6.24. The fraction of sp³-hybridized carbons (Fsp3) is 0.353. The number of carbonyl (C=O) groups excluding carboxylic acids is 1. The van der Waals surface area contributed by atoms with Crippen LogP contribution in [0.2, 0.25) is 0 Å². The van der Waals surface area contributed by atoms with Crippen LogP contribution in [0.3, 0.4) is 0 Å². The van der Waals surface area contributed by atoms with E-state index in [-0.39, 0.29) is 11.9 Å². The smallest absolute Gasteiger partial charge is 0.254 e. The molecule has 0 spiro atoms. The number of amides is 1. The number of benzene rings is 1. The first-order chi connectivity index (χ1) is 9.50. The van der Waals surface area contributed by atoms with Crippen LogP contribution in [0.15, 0.2) is 47.1 Å². The molecule has 1 unspecified atom stereocenters. The molecule has 20 heavy (non-hydrogen) atoms. The van der Waals surface area contributed by atoms with Crippen molar-refractivity contribution in [1.29, 1.82) is 0 Å². The van der Waals surface area contributed by atoms with E-state index in [1.165, 1.54) is 5.56 Å². The fourth-order valence-electron chi connectivity index (χ4n) is 2.11. The van der Waals surface area contributed by atoms with Gasteiger partial charge in [-0.15, -0.1) is 0 Å². The second kappa shape index (κ2) is 5.95. The summed E-state index contributed by atoms with van der Waals surface area (Å²) in [5.41, 5.74) is 1.94. The van der Waals surface area contributed by atoms with Crippen molar-refractivity contribution in [2.24, 2.45) is 0 Å². The minimum absolute atomic E-state index is 0.00389. The first-order valence-corrected chi connectivity index (χ1v) is 6.91. The molecular weight excluding hydrogens is 250 g/mol. The molecule has 3 heteroatoms. The molecule has 0 radical (unpaired) electrons. The Kier molecular flexibility index (Phi) is 4.28. The SMILES string of the molecule is CC(C)c1ccc(C(=O)N(C)C(C)c2ccco2)cc1. The van der Waals surface area contributed by atoms with Crippen molar-refractivity contribution in [1.82, 2.24) is 4.90 Å². The third kappa shape index (κ3) is 2.93. The van der Waals surface area contributed by atoms with Gasteiger partial charge in [-0.25, -0.2) is 0 Å². The lowest BCUT2D eigenvalue weighted by molar-refractivity contribution is 0.0726. The lowest BCUT2D eigenvalue weighted by atomic mass is 10.0. The van der Waals surface area contributed by atoms with Crippen molar-refractivity contribution in [3.8, 4) is 0 Å². The number of carbonyl (C=O) groups is 1. The van der Waals surface area contributed by atoms with Crippen molar-refractivity contribution in [3.63, 3.8) is 0 Å². The topological polar surface area (TPSA) is 33.5 Å². The van der Waals surface area contributed by atoms with E-state index in [4.69, 9.17) is 4.42 Å². The molecule has 3 nitrogen and oxygen atoms in total. The highest BCUT2D eigenvalue weighted by atomic mass is 16.3. The van der Waals surface area contributed by atoms with Gasteiger partial charge in [0.1, 0.15) is 5.76 Å². The second-order valence-electron chi connectivity index (χ2n) is 5.38. The third-order valence-corrected chi connectivity index (χ3v) is 3.68. The Bertz CT molecular complexity index is 555. The van der Waals surface area contributed by atoms with Gasteiger partial charge in [-0.3, -0.25) is 4.79 Å². The lowest BCUT2D eigenvalue weighted by Crippen LogP contribution is -2.29. The predicted octanol–water partition coefficient (Wildman–Crippen LogP) is 4.24. The number of hydrogen-bond acceptors (Lipinski definition) is 2. The largest absolute Gasteiger partial charge is 0.467 e. The quantitative estimate of drug-likeness (QED) is 0.833. The van der Waals surface area contributed by atoms with Crippen molar-refractivity contribution in [2.75, 3.05) is 7.05 Å². The number of hydrogen-bond donors (Lipinski definition) is 0. The van der Waals surface area contributed by atoms with Gasteiger partial charge in [-0.05, 0) is 42.7 Å². The van der Waals surface area contributed by atoms with E-state index in [0.29, 0.717) is 11.5 Å². The summed E-state index contributed by atoms with van der Waals surface area (Å²) in [5.74, 6) is 1.27. The molecule has 0 aliphatic carbocycles. The Morgan fingerprint density at radius 1 is 1.10 bits per heavy atom. The van der Waals surface area contributed by atoms with Crippen LogP contribution in [0.1, 0.15) is 54.4 Å². The average molecular weight is 271 g/mol. The van der Waals surface area contributed by atoms with Crippen LogP contribution in [-0.2, 0) is 0 Å². The fourth-order valence-corrected chi connectivity index (χ4v) is 2.11. The van der Waals surface area contributed by atoms with Gasteiger partial charge < -0.3 is 9.32 Å². The Morgan fingerprint density at radius 2 is 1.75 bits per heavy atom. The Hall–Kier alpha value is -2.03. The summed E-state index contributed by atoms with van der Waals surface area (Å²) in [6, 6.07) is 11.5. The van der Waals surface area contributed by atoms with Crippen LogP contribution in [0.5, 0.6) is 0 Å². The van der Waals surface area contributed by atoms with Gasteiger partial charge in [0, 0.05) is 12.6 Å². The second-order valence-corrected chi connectivity index (χ2v) is 5.38. The molecule has 0 saturated heterocycles. The van der Waals surface area contributed by atoms with E-state index in [1.54, 1.807) is 18.2 Å². The highest BCUT2D eigenvalue weighted by Crippen LogP contribution is 2.22. The molecule has 1 heterocycles. The average Bonchev–Trinajstić information content (AvgIpc) is 2.99. The molecule has 0 N–H and O–H groups in total. The predicted molar refractivity (Wildman–Crippen MR) is 79.7 cm³/mol. The highest BCUT2D eigenvalue weighted by Gasteiger charge is 2.20. The molecule has 0 fully saturated rings. The summed E-state index contributed by atoms with van der Waals surface area (Å²) >= 11 is 0. The van der Waals surface area contributed by atoms with Crippen LogP contribution < -0.4 is 0 Å². The van der Waals surface area contributed by atoms with E-state index in [0.717, 1.165) is 5.76 Å². The number of nitrogens with zero attached hydrogens (tertiary/aromatic N) is 1. The maximum absolute atomic E-state index is 12.4. The van der Waals surface area contributed by atoms with E-state index in [2.05, 4.69) is 13.8 Å². The molecule has 2 aromatic rings. The molecule has 0 aliphatic rings. The van der Waals surface area contributed by atoms with E-state index < -0.39 is 0 Å². The van der Waals surface area contributed by atoms with Gasteiger partial charge in [0.15, 0.2) is 0 Å².